The highest BCUT2D eigenvalue weighted by molar-refractivity contribution is 7.92. The zero-order valence-corrected chi connectivity index (χ0v) is 26.2. The first-order valence-electron chi connectivity index (χ1n) is 14.3. The third-order valence-corrected chi connectivity index (χ3v) is 8.38. The average Bonchev–Trinajstić information content (AvgIpc) is 3.00. The molecule has 0 saturated carbocycles. The Bertz CT molecular complexity index is 1760. The Morgan fingerprint density at radius 3 is 2.00 bits per heavy atom. The smallest absolute Gasteiger partial charge is 0.323 e. The maximum atomic E-state index is 12.5. The van der Waals surface area contributed by atoms with Crippen molar-refractivity contribution in [3.63, 3.8) is 0 Å². The van der Waals surface area contributed by atoms with Crippen molar-refractivity contribution in [2.24, 2.45) is 5.73 Å². The minimum Gasteiger partial charge on any atom is -0.457 e. The fraction of sp³-hybridized carbons (Fsp3) is 0.212. The summed E-state index contributed by atoms with van der Waals surface area (Å²) in [6.45, 7) is 2.81. The van der Waals surface area contributed by atoms with E-state index in [2.05, 4.69) is 44.5 Å². The number of carbonyl (C=O) groups is 2. The van der Waals surface area contributed by atoms with Gasteiger partial charge in [0.1, 0.15) is 11.5 Å². The van der Waals surface area contributed by atoms with Crippen molar-refractivity contribution in [2.45, 2.75) is 25.3 Å². The van der Waals surface area contributed by atoms with Crippen LogP contribution < -0.4 is 25.8 Å². The van der Waals surface area contributed by atoms with Gasteiger partial charge < -0.3 is 21.1 Å². The first-order valence-corrected chi connectivity index (χ1v) is 16.6. The molecule has 1 fully saturated rings. The fourth-order valence-electron chi connectivity index (χ4n) is 5.21. The number of nitrogens with one attached hydrogen (secondary N) is 3. The molecule has 10 nitrogen and oxygen atoms in total. The van der Waals surface area contributed by atoms with E-state index in [4.69, 9.17) is 22.1 Å². The number of anilines is 3. The summed E-state index contributed by atoms with van der Waals surface area (Å²) >= 11 is 5.98. The molecule has 1 saturated heterocycles. The highest BCUT2D eigenvalue weighted by Crippen LogP contribution is 2.30. The molecule has 1 aliphatic rings. The molecule has 1 heterocycles. The summed E-state index contributed by atoms with van der Waals surface area (Å²) in [5.41, 5.74) is 9.46. The number of piperidine rings is 1. The van der Waals surface area contributed by atoms with Gasteiger partial charge in [0, 0.05) is 23.6 Å². The molecule has 0 aliphatic carbocycles. The van der Waals surface area contributed by atoms with E-state index in [0.717, 1.165) is 38.7 Å². The minimum absolute atomic E-state index is 0.139. The van der Waals surface area contributed by atoms with Crippen molar-refractivity contribution >= 4 is 50.6 Å². The first kappa shape index (κ1) is 31.8. The van der Waals surface area contributed by atoms with E-state index in [1.165, 1.54) is 23.3 Å². The molecule has 4 aromatic carbocycles. The molecule has 0 aromatic heterocycles. The van der Waals surface area contributed by atoms with Crippen LogP contribution in [0.15, 0.2) is 91.0 Å². The zero-order valence-electron chi connectivity index (χ0n) is 24.6. The van der Waals surface area contributed by atoms with Crippen molar-refractivity contribution in [2.75, 3.05) is 34.7 Å². The molecule has 5 rings (SSSR count). The molecule has 0 radical (unpaired) electrons. The lowest BCUT2D eigenvalue weighted by Gasteiger charge is -2.32. The molecule has 234 valence electrons. The van der Waals surface area contributed by atoms with Gasteiger partial charge in [-0.2, -0.15) is 0 Å². The number of likely N-dealkylation sites (tertiary alicyclic amines) is 1. The quantitative estimate of drug-likeness (QED) is 0.152. The normalized spacial score (nSPS) is 14.0. The van der Waals surface area contributed by atoms with Crippen molar-refractivity contribution in [1.82, 2.24) is 4.90 Å². The van der Waals surface area contributed by atoms with Crippen LogP contribution in [0.1, 0.15) is 40.2 Å². The Balaban J connectivity index is 1.06. The number of rotatable bonds is 10. The number of sulfonamides is 1. The Morgan fingerprint density at radius 1 is 0.844 bits per heavy atom. The Hall–Kier alpha value is -4.58. The van der Waals surface area contributed by atoms with Crippen LogP contribution in [0.3, 0.4) is 0 Å². The number of nitrogens with zero attached hydrogens (tertiary/aromatic N) is 1. The highest BCUT2D eigenvalue weighted by atomic mass is 35.5. The molecule has 4 aromatic rings. The topological polar surface area (TPSA) is 143 Å². The van der Waals surface area contributed by atoms with Crippen molar-refractivity contribution < 1.29 is 22.7 Å². The summed E-state index contributed by atoms with van der Waals surface area (Å²) in [5.74, 6) is 1.10. The second-order valence-corrected chi connectivity index (χ2v) is 13.1. The summed E-state index contributed by atoms with van der Waals surface area (Å²) in [6.07, 6.45) is 3.19. The van der Waals surface area contributed by atoms with E-state index in [1.54, 1.807) is 30.3 Å². The molecule has 1 aliphatic heterocycles. The van der Waals surface area contributed by atoms with Gasteiger partial charge in [-0.05, 0) is 110 Å². The van der Waals surface area contributed by atoms with E-state index >= 15 is 0 Å². The molecule has 0 spiro atoms. The molecule has 0 unspecified atom stereocenters. The number of carbonyl (C=O) groups excluding carboxylic acids is 2. The predicted molar refractivity (Wildman–Crippen MR) is 178 cm³/mol. The SMILES string of the molecule is CS(=O)(=O)Nc1ccc(Oc2ccc(CN3CCC(c4ccc(NC(=O)Nc5ccc(Cl)c(C(N)=O)c5)cc4)CC3)cc2)cc1. The molecule has 0 bridgehead atoms. The number of amides is 3. The largest absolute Gasteiger partial charge is 0.457 e. The Kier molecular flexibility index (Phi) is 9.92. The van der Waals surface area contributed by atoms with Gasteiger partial charge in [0.2, 0.25) is 15.9 Å². The molecular formula is C33H34ClN5O5S. The number of ether oxygens (including phenoxy) is 1. The van der Waals surface area contributed by atoms with Crippen molar-refractivity contribution in [3.8, 4) is 11.5 Å². The van der Waals surface area contributed by atoms with Crippen LogP contribution in [0, 0.1) is 0 Å². The summed E-state index contributed by atoms with van der Waals surface area (Å²) < 4.78 is 31.1. The summed E-state index contributed by atoms with van der Waals surface area (Å²) in [6, 6.07) is 26.8. The van der Waals surface area contributed by atoms with Crippen LogP contribution in [0.2, 0.25) is 5.02 Å². The Labute approximate surface area is 267 Å². The Morgan fingerprint density at radius 2 is 1.40 bits per heavy atom. The second-order valence-electron chi connectivity index (χ2n) is 11.0. The van der Waals surface area contributed by atoms with Gasteiger partial charge in [-0.3, -0.25) is 14.4 Å². The molecule has 12 heteroatoms. The molecule has 0 atom stereocenters. The predicted octanol–water partition coefficient (Wildman–Crippen LogP) is 6.63. The third kappa shape index (κ3) is 9.21. The molecule has 45 heavy (non-hydrogen) atoms. The lowest BCUT2D eigenvalue weighted by Crippen LogP contribution is -2.32. The number of urea groups is 1. The van der Waals surface area contributed by atoms with Gasteiger partial charge in [-0.1, -0.05) is 35.9 Å². The molecule has 3 amide bonds. The van der Waals surface area contributed by atoms with Crippen LogP contribution in [0.25, 0.3) is 0 Å². The van der Waals surface area contributed by atoms with Crippen molar-refractivity contribution in [3.05, 3.63) is 113 Å². The van der Waals surface area contributed by atoms with Gasteiger partial charge in [0.15, 0.2) is 0 Å². The molecule has 5 N–H and O–H groups in total. The average molecular weight is 648 g/mol. The van der Waals surface area contributed by atoms with Gasteiger partial charge >= 0.3 is 6.03 Å². The van der Waals surface area contributed by atoms with E-state index in [0.29, 0.717) is 34.5 Å². The van der Waals surface area contributed by atoms with Crippen LogP contribution in [-0.4, -0.2) is 44.6 Å². The zero-order chi connectivity index (χ0) is 32.0. The number of halogens is 1. The number of hydrogen-bond donors (Lipinski definition) is 4. The van der Waals surface area contributed by atoms with Crippen LogP contribution in [0.5, 0.6) is 11.5 Å². The summed E-state index contributed by atoms with van der Waals surface area (Å²) in [4.78, 5) is 26.4. The number of hydrogen-bond acceptors (Lipinski definition) is 6. The monoisotopic (exact) mass is 647 g/mol. The summed E-state index contributed by atoms with van der Waals surface area (Å²) in [5, 5.41) is 5.72. The first-order chi connectivity index (χ1) is 21.5. The van der Waals surface area contributed by atoms with Crippen LogP contribution >= 0.6 is 11.6 Å². The second kappa shape index (κ2) is 14.0. The van der Waals surface area contributed by atoms with Crippen LogP contribution in [-0.2, 0) is 16.6 Å². The van der Waals surface area contributed by atoms with E-state index in [9.17, 15) is 18.0 Å². The van der Waals surface area contributed by atoms with E-state index < -0.39 is 22.0 Å². The fourth-order valence-corrected chi connectivity index (χ4v) is 5.99. The maximum absolute atomic E-state index is 12.5. The van der Waals surface area contributed by atoms with Gasteiger partial charge in [-0.25, -0.2) is 13.2 Å². The molecular weight excluding hydrogens is 614 g/mol. The number of benzene rings is 4. The highest BCUT2D eigenvalue weighted by Gasteiger charge is 2.21. The van der Waals surface area contributed by atoms with Crippen molar-refractivity contribution in [1.29, 1.82) is 0 Å². The van der Waals surface area contributed by atoms with Crippen LogP contribution in [0.4, 0.5) is 21.9 Å². The maximum Gasteiger partial charge on any atom is 0.323 e. The van der Waals surface area contributed by atoms with Gasteiger partial charge in [-0.15, -0.1) is 0 Å². The van der Waals surface area contributed by atoms with Gasteiger partial charge in [0.25, 0.3) is 0 Å². The van der Waals surface area contributed by atoms with Gasteiger partial charge in [0.05, 0.1) is 16.8 Å². The third-order valence-electron chi connectivity index (χ3n) is 7.44. The van der Waals surface area contributed by atoms with E-state index in [1.807, 2.05) is 24.3 Å². The number of primary amides is 1. The van der Waals surface area contributed by atoms with E-state index in [-0.39, 0.29) is 10.6 Å². The summed E-state index contributed by atoms with van der Waals surface area (Å²) in [7, 11) is -3.32. The minimum atomic E-state index is -3.32. The standard InChI is InChI=1S/C33H34ClN5O5S/c1-45(42,43)38-26-8-13-29(14-9-26)44-28-11-2-22(3-12-28)21-39-18-16-24(17-19-39)23-4-6-25(7-5-23)36-33(41)37-27-10-15-31(34)30(20-27)32(35)40/h2-15,20,24,38H,16-19,21H2,1H3,(H2,35,40)(H2,36,37,41). The number of nitrogens with two attached hydrogens (primary N) is 1. The lowest BCUT2D eigenvalue weighted by molar-refractivity contribution is 0.100. The lowest BCUT2D eigenvalue weighted by atomic mass is 9.89.